The standard InChI is InChI=1S/C15H26N2O3S/c1-10(9-18)6-5-7-17-21(19,20)15-12(3)11(2)8-14(16)13(15)4/h8,10,17-18H,5-7,9,16H2,1-4H3. The Morgan fingerprint density at radius 1 is 1.29 bits per heavy atom. The third-order valence-corrected chi connectivity index (χ3v) is 5.56. The number of anilines is 1. The predicted octanol–water partition coefficient (Wildman–Crippen LogP) is 1.88. The van der Waals surface area contributed by atoms with Gasteiger partial charge in [-0.3, -0.25) is 0 Å². The van der Waals surface area contributed by atoms with Gasteiger partial charge in [0.05, 0.1) is 4.90 Å². The van der Waals surface area contributed by atoms with E-state index in [4.69, 9.17) is 10.8 Å². The third-order valence-electron chi connectivity index (χ3n) is 3.82. The van der Waals surface area contributed by atoms with E-state index in [9.17, 15) is 8.42 Å². The molecule has 1 aromatic carbocycles. The van der Waals surface area contributed by atoms with Crippen molar-refractivity contribution in [1.29, 1.82) is 0 Å². The molecule has 1 aromatic rings. The summed E-state index contributed by atoms with van der Waals surface area (Å²) in [6, 6.07) is 1.80. The Balaban J connectivity index is 2.89. The van der Waals surface area contributed by atoms with Crippen molar-refractivity contribution in [1.82, 2.24) is 4.72 Å². The zero-order valence-electron chi connectivity index (χ0n) is 13.2. The summed E-state index contributed by atoms with van der Waals surface area (Å²) >= 11 is 0. The number of benzene rings is 1. The fourth-order valence-electron chi connectivity index (χ4n) is 2.26. The topological polar surface area (TPSA) is 92.4 Å². The Labute approximate surface area is 127 Å². The first-order valence-electron chi connectivity index (χ1n) is 7.17. The summed E-state index contributed by atoms with van der Waals surface area (Å²) in [5, 5.41) is 8.95. The van der Waals surface area contributed by atoms with Crippen molar-refractivity contribution in [3.8, 4) is 0 Å². The number of hydrogen-bond donors (Lipinski definition) is 3. The highest BCUT2D eigenvalue weighted by Gasteiger charge is 2.21. The van der Waals surface area contributed by atoms with Crippen LogP contribution in [0.5, 0.6) is 0 Å². The van der Waals surface area contributed by atoms with Gasteiger partial charge in [-0.2, -0.15) is 0 Å². The fourth-order valence-corrected chi connectivity index (χ4v) is 3.91. The molecule has 0 saturated heterocycles. The minimum Gasteiger partial charge on any atom is -0.398 e. The van der Waals surface area contributed by atoms with Crippen molar-refractivity contribution in [2.75, 3.05) is 18.9 Å². The summed E-state index contributed by atoms with van der Waals surface area (Å²) in [4.78, 5) is 0.287. The molecule has 6 heteroatoms. The molecule has 21 heavy (non-hydrogen) atoms. The molecular formula is C15H26N2O3S. The van der Waals surface area contributed by atoms with Crippen molar-refractivity contribution < 1.29 is 13.5 Å². The summed E-state index contributed by atoms with van der Waals surface area (Å²) < 4.78 is 27.6. The van der Waals surface area contributed by atoms with E-state index in [-0.39, 0.29) is 17.4 Å². The van der Waals surface area contributed by atoms with Crippen molar-refractivity contribution in [2.45, 2.75) is 45.4 Å². The number of nitrogens with two attached hydrogens (primary N) is 1. The Hall–Kier alpha value is -1.11. The summed E-state index contributed by atoms with van der Waals surface area (Å²) in [6.07, 6.45) is 1.48. The first kappa shape index (κ1) is 17.9. The summed E-state index contributed by atoms with van der Waals surface area (Å²) in [5.41, 5.74) is 8.57. The van der Waals surface area contributed by atoms with Crippen molar-refractivity contribution in [3.63, 3.8) is 0 Å². The Bertz CT molecular complexity index is 571. The van der Waals surface area contributed by atoms with Gasteiger partial charge < -0.3 is 10.8 Å². The van der Waals surface area contributed by atoms with E-state index in [0.717, 1.165) is 17.5 Å². The van der Waals surface area contributed by atoms with Crippen LogP contribution in [0.1, 0.15) is 36.5 Å². The minimum atomic E-state index is -3.56. The molecular weight excluding hydrogens is 288 g/mol. The van der Waals surface area contributed by atoms with Gasteiger partial charge in [0.15, 0.2) is 0 Å². The van der Waals surface area contributed by atoms with Crippen LogP contribution in [-0.4, -0.2) is 26.7 Å². The van der Waals surface area contributed by atoms with Gasteiger partial charge in [-0.1, -0.05) is 6.92 Å². The van der Waals surface area contributed by atoms with Gasteiger partial charge in [0, 0.05) is 18.8 Å². The van der Waals surface area contributed by atoms with Crippen LogP contribution in [-0.2, 0) is 10.0 Å². The highest BCUT2D eigenvalue weighted by Crippen LogP contribution is 2.27. The maximum Gasteiger partial charge on any atom is 0.241 e. The van der Waals surface area contributed by atoms with Crippen LogP contribution in [0.4, 0.5) is 5.69 Å². The second-order valence-electron chi connectivity index (χ2n) is 5.69. The molecule has 0 saturated carbocycles. The Morgan fingerprint density at radius 2 is 1.90 bits per heavy atom. The minimum absolute atomic E-state index is 0.124. The molecule has 0 amide bonds. The molecule has 5 nitrogen and oxygen atoms in total. The number of aliphatic hydroxyl groups is 1. The molecule has 1 atom stereocenters. The molecule has 4 N–H and O–H groups in total. The number of sulfonamides is 1. The lowest BCUT2D eigenvalue weighted by atomic mass is 10.1. The quantitative estimate of drug-likeness (QED) is 0.529. The van der Waals surface area contributed by atoms with Gasteiger partial charge >= 0.3 is 0 Å². The van der Waals surface area contributed by atoms with E-state index in [1.54, 1.807) is 19.9 Å². The van der Waals surface area contributed by atoms with Crippen molar-refractivity contribution in [3.05, 3.63) is 22.8 Å². The molecule has 1 unspecified atom stereocenters. The van der Waals surface area contributed by atoms with Gasteiger partial charge in [0.25, 0.3) is 0 Å². The maximum absolute atomic E-state index is 12.5. The highest BCUT2D eigenvalue weighted by atomic mass is 32.2. The molecule has 0 radical (unpaired) electrons. The average molecular weight is 314 g/mol. The monoisotopic (exact) mass is 314 g/mol. The molecule has 1 rings (SSSR count). The van der Waals surface area contributed by atoms with Gasteiger partial charge in [0.1, 0.15) is 0 Å². The zero-order valence-corrected chi connectivity index (χ0v) is 14.0. The van der Waals surface area contributed by atoms with Crippen LogP contribution >= 0.6 is 0 Å². The van der Waals surface area contributed by atoms with E-state index in [0.29, 0.717) is 24.2 Å². The maximum atomic E-state index is 12.5. The molecule has 0 aromatic heterocycles. The number of aliphatic hydroxyl groups excluding tert-OH is 1. The predicted molar refractivity (Wildman–Crippen MR) is 85.7 cm³/mol. The van der Waals surface area contributed by atoms with Crippen LogP contribution in [0.2, 0.25) is 0 Å². The smallest absolute Gasteiger partial charge is 0.241 e. The van der Waals surface area contributed by atoms with Crippen LogP contribution in [0.3, 0.4) is 0 Å². The van der Waals surface area contributed by atoms with E-state index in [2.05, 4.69) is 4.72 Å². The first-order chi connectivity index (χ1) is 9.70. The number of rotatable bonds is 7. The van der Waals surface area contributed by atoms with Crippen LogP contribution in [0.25, 0.3) is 0 Å². The fraction of sp³-hybridized carbons (Fsp3) is 0.600. The lowest BCUT2D eigenvalue weighted by Crippen LogP contribution is -2.27. The Kier molecular flexibility index (Phi) is 6.19. The first-order valence-corrected chi connectivity index (χ1v) is 8.65. The number of nitrogens with one attached hydrogen (secondary N) is 1. The van der Waals surface area contributed by atoms with Crippen molar-refractivity contribution in [2.24, 2.45) is 5.92 Å². The summed E-state index contributed by atoms with van der Waals surface area (Å²) in [6.45, 7) is 7.80. The number of aryl methyl sites for hydroxylation is 1. The third kappa shape index (κ3) is 4.43. The van der Waals surface area contributed by atoms with Gasteiger partial charge in [-0.25, -0.2) is 13.1 Å². The van der Waals surface area contributed by atoms with Gasteiger partial charge in [-0.15, -0.1) is 0 Å². The van der Waals surface area contributed by atoms with E-state index >= 15 is 0 Å². The second-order valence-corrected chi connectivity index (χ2v) is 7.39. The second kappa shape index (κ2) is 7.24. The summed E-state index contributed by atoms with van der Waals surface area (Å²) in [7, 11) is -3.56. The van der Waals surface area contributed by atoms with Crippen molar-refractivity contribution >= 4 is 15.7 Å². The molecule has 0 aliphatic carbocycles. The van der Waals surface area contributed by atoms with E-state index in [1.807, 2.05) is 13.8 Å². The molecule has 0 heterocycles. The largest absolute Gasteiger partial charge is 0.398 e. The van der Waals surface area contributed by atoms with E-state index < -0.39 is 10.0 Å². The molecule has 120 valence electrons. The lowest BCUT2D eigenvalue weighted by Gasteiger charge is -2.16. The Morgan fingerprint density at radius 3 is 2.48 bits per heavy atom. The SMILES string of the molecule is Cc1cc(N)c(C)c(S(=O)(=O)NCCCC(C)CO)c1C. The molecule has 0 fully saturated rings. The number of nitrogen functional groups attached to an aromatic ring is 1. The van der Waals surface area contributed by atoms with Gasteiger partial charge in [0.2, 0.25) is 10.0 Å². The molecule has 0 aliphatic heterocycles. The lowest BCUT2D eigenvalue weighted by molar-refractivity contribution is 0.228. The van der Waals surface area contributed by atoms with Gasteiger partial charge in [-0.05, 0) is 62.3 Å². The average Bonchev–Trinajstić information content (AvgIpc) is 2.41. The molecule has 0 spiro atoms. The summed E-state index contributed by atoms with van der Waals surface area (Å²) in [5.74, 6) is 0.188. The van der Waals surface area contributed by atoms with Crippen LogP contribution < -0.4 is 10.5 Å². The van der Waals surface area contributed by atoms with E-state index in [1.165, 1.54) is 0 Å². The number of hydrogen-bond acceptors (Lipinski definition) is 4. The normalized spacial score (nSPS) is 13.4. The van der Waals surface area contributed by atoms with Crippen LogP contribution in [0.15, 0.2) is 11.0 Å². The molecule has 0 aliphatic rings. The molecule has 0 bridgehead atoms. The zero-order chi connectivity index (χ0) is 16.2. The highest BCUT2D eigenvalue weighted by molar-refractivity contribution is 7.89. The van der Waals surface area contributed by atoms with Crippen LogP contribution in [0, 0.1) is 26.7 Å².